The molecule has 0 fully saturated rings. The number of nitrogens with two attached hydrogens (primary N) is 2. The Morgan fingerprint density at radius 2 is 1.81 bits per heavy atom. The van der Waals surface area contributed by atoms with E-state index in [-0.39, 0.29) is 10.6 Å². The van der Waals surface area contributed by atoms with Crippen LogP contribution in [0.3, 0.4) is 0 Å². The number of benzene rings is 2. The minimum Gasteiger partial charge on any atom is -0.322 e. The van der Waals surface area contributed by atoms with Gasteiger partial charge in [0.15, 0.2) is 0 Å². The van der Waals surface area contributed by atoms with E-state index in [1.54, 1.807) is 25.1 Å². The van der Waals surface area contributed by atoms with Crippen LogP contribution < -0.4 is 11.5 Å². The summed E-state index contributed by atoms with van der Waals surface area (Å²) >= 11 is 8.83. The second-order valence-electron chi connectivity index (χ2n) is 5.06. The van der Waals surface area contributed by atoms with Gasteiger partial charge >= 0.3 is 0 Å². The summed E-state index contributed by atoms with van der Waals surface area (Å²) in [4.78, 5) is 0. The highest BCUT2D eigenvalue weighted by molar-refractivity contribution is 9.10. The lowest BCUT2D eigenvalue weighted by molar-refractivity contribution is 0.378. The molecule has 2 aromatic carbocycles. The van der Waals surface area contributed by atoms with E-state index in [1.807, 2.05) is 0 Å². The Morgan fingerprint density at radius 1 is 1.14 bits per heavy atom. The molecule has 2 aromatic rings. The zero-order valence-electron chi connectivity index (χ0n) is 11.2. The average Bonchev–Trinajstić information content (AvgIpc) is 2.40. The lowest BCUT2D eigenvalue weighted by atomic mass is 9.82. The first-order valence-corrected chi connectivity index (χ1v) is 7.35. The molecule has 2 nitrogen and oxygen atoms in total. The van der Waals surface area contributed by atoms with Crippen molar-refractivity contribution in [1.29, 1.82) is 0 Å². The summed E-state index contributed by atoms with van der Waals surface area (Å²) in [6.45, 7) is 1.61. The first kappa shape index (κ1) is 16.4. The lowest BCUT2D eigenvalue weighted by Gasteiger charge is -2.32. The monoisotopic (exact) mass is 374 g/mol. The van der Waals surface area contributed by atoms with E-state index in [4.69, 9.17) is 23.1 Å². The summed E-state index contributed by atoms with van der Waals surface area (Å²) in [7, 11) is 0. The molecular formula is C15H14BrClF2N2. The van der Waals surface area contributed by atoms with Gasteiger partial charge in [-0.05, 0) is 36.8 Å². The fourth-order valence-electron chi connectivity index (χ4n) is 2.15. The Bertz CT molecular complexity index is 677. The van der Waals surface area contributed by atoms with Gasteiger partial charge in [0.05, 0.1) is 16.6 Å². The molecule has 6 heteroatoms. The van der Waals surface area contributed by atoms with Crippen LogP contribution in [0, 0.1) is 11.6 Å². The largest absolute Gasteiger partial charge is 0.322 e. The molecular weight excluding hydrogens is 362 g/mol. The molecule has 0 amide bonds. The van der Waals surface area contributed by atoms with Crippen LogP contribution in [-0.2, 0) is 5.54 Å². The summed E-state index contributed by atoms with van der Waals surface area (Å²) in [6.07, 6.45) is 0. The highest BCUT2D eigenvalue weighted by atomic mass is 79.9. The maximum Gasteiger partial charge on any atom is 0.142 e. The van der Waals surface area contributed by atoms with E-state index in [0.717, 1.165) is 0 Å². The molecule has 0 unspecified atom stereocenters. The third-order valence-electron chi connectivity index (χ3n) is 3.46. The average molecular weight is 376 g/mol. The predicted octanol–water partition coefficient (Wildman–Crippen LogP) is 4.25. The Hall–Kier alpha value is -1.01. The van der Waals surface area contributed by atoms with Crippen molar-refractivity contribution in [2.75, 3.05) is 0 Å². The molecule has 0 aliphatic heterocycles. The van der Waals surface area contributed by atoms with E-state index < -0.39 is 23.2 Å². The lowest BCUT2D eigenvalue weighted by Crippen LogP contribution is -2.44. The summed E-state index contributed by atoms with van der Waals surface area (Å²) in [6, 6.07) is 7.96. The van der Waals surface area contributed by atoms with Gasteiger partial charge in [0.2, 0.25) is 0 Å². The molecule has 0 heterocycles. The molecule has 0 bridgehead atoms. The zero-order chi connectivity index (χ0) is 15.8. The summed E-state index contributed by atoms with van der Waals surface area (Å²) in [5, 5.41) is -0.000466. The van der Waals surface area contributed by atoms with Gasteiger partial charge in [-0.1, -0.05) is 39.7 Å². The maximum absolute atomic E-state index is 14.1. The first-order valence-electron chi connectivity index (χ1n) is 6.18. The molecule has 0 radical (unpaired) electrons. The number of rotatable bonds is 3. The van der Waals surface area contributed by atoms with E-state index in [0.29, 0.717) is 10.0 Å². The zero-order valence-corrected chi connectivity index (χ0v) is 13.5. The van der Waals surface area contributed by atoms with Gasteiger partial charge < -0.3 is 11.5 Å². The van der Waals surface area contributed by atoms with Gasteiger partial charge in [0.25, 0.3) is 0 Å². The third-order valence-corrected chi connectivity index (χ3v) is 4.26. The molecule has 112 valence electrons. The van der Waals surface area contributed by atoms with Crippen LogP contribution >= 0.6 is 27.5 Å². The summed E-state index contributed by atoms with van der Waals surface area (Å²) in [5.74, 6) is -1.06. The van der Waals surface area contributed by atoms with Gasteiger partial charge in [0.1, 0.15) is 11.6 Å². The Labute approximate surface area is 135 Å². The SMILES string of the molecule is C[C@](N)(c1ccc(Br)cc1F)[C@H](N)c1ccc(Cl)c(F)c1. The number of hydrogen-bond donors (Lipinski definition) is 2. The fraction of sp³-hybridized carbons (Fsp3) is 0.200. The summed E-state index contributed by atoms with van der Waals surface area (Å²) in [5.41, 5.74) is 11.8. The van der Waals surface area contributed by atoms with Crippen molar-refractivity contribution in [3.63, 3.8) is 0 Å². The van der Waals surface area contributed by atoms with Crippen molar-refractivity contribution < 1.29 is 8.78 Å². The smallest absolute Gasteiger partial charge is 0.142 e. The van der Waals surface area contributed by atoms with Crippen LogP contribution in [0.5, 0.6) is 0 Å². The van der Waals surface area contributed by atoms with Crippen molar-refractivity contribution in [2.45, 2.75) is 18.5 Å². The molecule has 0 saturated carbocycles. The van der Waals surface area contributed by atoms with Crippen LogP contribution in [0.2, 0.25) is 5.02 Å². The Kier molecular flexibility index (Phi) is 4.68. The molecule has 0 spiro atoms. The van der Waals surface area contributed by atoms with Gasteiger partial charge in [-0.2, -0.15) is 0 Å². The van der Waals surface area contributed by atoms with Gasteiger partial charge in [-0.3, -0.25) is 0 Å². The van der Waals surface area contributed by atoms with Crippen molar-refractivity contribution in [3.8, 4) is 0 Å². The Morgan fingerprint density at radius 3 is 2.38 bits per heavy atom. The quantitative estimate of drug-likeness (QED) is 0.842. The van der Waals surface area contributed by atoms with E-state index in [2.05, 4.69) is 15.9 Å². The van der Waals surface area contributed by atoms with Gasteiger partial charge in [-0.25, -0.2) is 8.78 Å². The number of hydrogen-bond acceptors (Lipinski definition) is 2. The van der Waals surface area contributed by atoms with Crippen molar-refractivity contribution in [2.24, 2.45) is 11.5 Å². The normalized spacial score (nSPS) is 15.6. The van der Waals surface area contributed by atoms with E-state index in [1.165, 1.54) is 18.2 Å². The topological polar surface area (TPSA) is 52.0 Å². The van der Waals surface area contributed by atoms with Crippen LogP contribution in [0.4, 0.5) is 8.78 Å². The fourth-order valence-corrected chi connectivity index (χ4v) is 2.60. The third kappa shape index (κ3) is 3.26. The van der Waals surface area contributed by atoms with Crippen molar-refractivity contribution >= 4 is 27.5 Å². The predicted molar refractivity (Wildman–Crippen MR) is 84.0 cm³/mol. The van der Waals surface area contributed by atoms with Crippen LogP contribution in [0.25, 0.3) is 0 Å². The highest BCUT2D eigenvalue weighted by Gasteiger charge is 2.33. The molecule has 0 aliphatic carbocycles. The molecule has 4 N–H and O–H groups in total. The number of halogens is 4. The minimum atomic E-state index is -1.20. The molecule has 21 heavy (non-hydrogen) atoms. The molecule has 2 atom stereocenters. The summed E-state index contributed by atoms with van der Waals surface area (Å²) < 4.78 is 28.3. The van der Waals surface area contributed by atoms with Gasteiger partial charge in [0, 0.05) is 10.0 Å². The second-order valence-corrected chi connectivity index (χ2v) is 6.38. The minimum absolute atomic E-state index is 0.000466. The second kappa shape index (κ2) is 6.01. The molecule has 2 rings (SSSR count). The van der Waals surface area contributed by atoms with Crippen LogP contribution in [0.1, 0.15) is 24.1 Å². The first-order chi connectivity index (χ1) is 9.73. The Balaban J connectivity index is 2.44. The van der Waals surface area contributed by atoms with Crippen LogP contribution in [0.15, 0.2) is 40.9 Å². The maximum atomic E-state index is 14.1. The van der Waals surface area contributed by atoms with Crippen LogP contribution in [-0.4, -0.2) is 0 Å². The highest BCUT2D eigenvalue weighted by Crippen LogP contribution is 2.34. The van der Waals surface area contributed by atoms with E-state index >= 15 is 0 Å². The molecule has 0 aliphatic rings. The van der Waals surface area contributed by atoms with E-state index in [9.17, 15) is 8.78 Å². The molecule has 0 aromatic heterocycles. The standard InChI is InChI=1S/C15H14BrClF2N2/c1-15(21,10-4-3-9(16)7-12(10)18)14(20)8-2-5-11(17)13(19)6-8/h2-7,14H,20-21H2,1H3/t14-,15+/m1/s1. The molecule has 0 saturated heterocycles. The van der Waals surface area contributed by atoms with Gasteiger partial charge in [-0.15, -0.1) is 0 Å². The van der Waals surface area contributed by atoms with Crippen molar-refractivity contribution in [1.82, 2.24) is 0 Å². The van der Waals surface area contributed by atoms with Crippen molar-refractivity contribution in [3.05, 3.63) is 68.7 Å².